The van der Waals surface area contributed by atoms with Crippen molar-refractivity contribution in [3.8, 4) is 0 Å². The number of rotatable bonds is 5. The lowest BCUT2D eigenvalue weighted by Crippen LogP contribution is -2.43. The number of nitrogens with one attached hydrogen (secondary N) is 1. The van der Waals surface area contributed by atoms with Crippen molar-refractivity contribution in [3.05, 3.63) is 99.6 Å². The second-order valence-electron chi connectivity index (χ2n) is 7.04. The number of non-ortho nitro benzene ring substituents is 1. The summed E-state index contributed by atoms with van der Waals surface area (Å²) >= 11 is 0. The molecule has 1 aliphatic rings. The topological polar surface area (TPSA) is 75.5 Å². The zero-order valence-corrected chi connectivity index (χ0v) is 16.0. The van der Waals surface area contributed by atoms with E-state index in [0.717, 1.165) is 18.5 Å². The van der Waals surface area contributed by atoms with Gasteiger partial charge < -0.3 is 5.32 Å². The molecule has 0 aliphatic carbocycles. The number of anilines is 2. The zero-order chi connectivity index (χ0) is 20.4. The monoisotopic (exact) mass is 387 g/mol. The average Bonchev–Trinajstić information content (AvgIpc) is 2.75. The smallest absolute Gasteiger partial charge is 0.269 e. The van der Waals surface area contributed by atoms with Crippen LogP contribution in [0.2, 0.25) is 0 Å². The molecule has 1 aliphatic heterocycles. The van der Waals surface area contributed by atoms with Crippen LogP contribution >= 0.6 is 0 Å². The second-order valence-corrected chi connectivity index (χ2v) is 7.04. The van der Waals surface area contributed by atoms with Gasteiger partial charge in [-0.25, -0.2) is 0 Å². The minimum atomic E-state index is -0.547. The van der Waals surface area contributed by atoms with Crippen molar-refractivity contribution >= 4 is 23.0 Å². The highest BCUT2D eigenvalue weighted by Gasteiger charge is 2.34. The van der Waals surface area contributed by atoms with Crippen LogP contribution in [0, 0.1) is 10.1 Å². The van der Waals surface area contributed by atoms with Gasteiger partial charge in [0, 0.05) is 29.1 Å². The van der Waals surface area contributed by atoms with Crippen LogP contribution in [0.1, 0.15) is 41.0 Å². The first-order valence-electron chi connectivity index (χ1n) is 9.61. The maximum atomic E-state index is 13.4. The Bertz CT molecular complexity index is 1060. The minimum absolute atomic E-state index is 0.00569. The Labute approximate surface area is 168 Å². The van der Waals surface area contributed by atoms with Gasteiger partial charge in [0.05, 0.1) is 10.5 Å². The third-order valence-corrected chi connectivity index (χ3v) is 5.08. The van der Waals surface area contributed by atoms with Gasteiger partial charge >= 0.3 is 0 Å². The normalized spacial score (nSPS) is 15.6. The molecule has 6 heteroatoms. The third kappa shape index (κ3) is 3.57. The highest BCUT2D eigenvalue weighted by atomic mass is 16.6. The van der Waals surface area contributed by atoms with Crippen molar-refractivity contribution in [1.82, 2.24) is 0 Å². The fraction of sp³-hybridized carbons (Fsp3) is 0.174. The number of benzene rings is 3. The number of nitro benzene ring substituents is 1. The molecule has 0 saturated carbocycles. The molecule has 1 heterocycles. The SMILES string of the molecule is CCCc1ccc(N2C(=O)c3ccccc3NC2c2cccc([N+](=O)[O-])c2)cc1. The second kappa shape index (κ2) is 7.75. The molecule has 0 aromatic heterocycles. The molecule has 1 amide bonds. The third-order valence-electron chi connectivity index (χ3n) is 5.08. The van der Waals surface area contributed by atoms with Crippen LogP contribution < -0.4 is 10.2 Å². The van der Waals surface area contributed by atoms with Gasteiger partial charge in [-0.2, -0.15) is 0 Å². The van der Waals surface area contributed by atoms with E-state index in [2.05, 4.69) is 12.2 Å². The highest BCUT2D eigenvalue weighted by Crippen LogP contribution is 2.37. The maximum absolute atomic E-state index is 13.4. The van der Waals surface area contributed by atoms with E-state index < -0.39 is 11.1 Å². The number of hydrogen-bond donors (Lipinski definition) is 1. The molecule has 0 bridgehead atoms. The maximum Gasteiger partial charge on any atom is 0.269 e. The Morgan fingerprint density at radius 3 is 2.52 bits per heavy atom. The first kappa shape index (κ1) is 18.7. The molecular formula is C23H21N3O3. The zero-order valence-electron chi connectivity index (χ0n) is 16.0. The summed E-state index contributed by atoms with van der Waals surface area (Å²) in [4.78, 5) is 25.9. The van der Waals surface area contributed by atoms with Crippen LogP contribution in [0.5, 0.6) is 0 Å². The predicted molar refractivity (Wildman–Crippen MR) is 113 cm³/mol. The summed E-state index contributed by atoms with van der Waals surface area (Å²) in [5.74, 6) is -0.140. The molecule has 1 atom stereocenters. The number of para-hydroxylation sites is 1. The molecular weight excluding hydrogens is 366 g/mol. The number of carbonyl (C=O) groups excluding carboxylic acids is 1. The molecule has 1 unspecified atom stereocenters. The van der Waals surface area contributed by atoms with E-state index in [1.54, 1.807) is 23.1 Å². The lowest BCUT2D eigenvalue weighted by atomic mass is 10.0. The van der Waals surface area contributed by atoms with Crippen LogP contribution in [0.4, 0.5) is 17.1 Å². The molecule has 4 rings (SSSR count). The predicted octanol–water partition coefficient (Wildman–Crippen LogP) is 5.32. The lowest BCUT2D eigenvalue weighted by Gasteiger charge is -2.38. The van der Waals surface area contributed by atoms with Gasteiger partial charge in [0.2, 0.25) is 0 Å². The molecule has 3 aromatic rings. The van der Waals surface area contributed by atoms with Gasteiger partial charge in [-0.05, 0) is 36.2 Å². The fourth-order valence-electron chi connectivity index (χ4n) is 3.67. The van der Waals surface area contributed by atoms with Crippen LogP contribution in [0.25, 0.3) is 0 Å². The fourth-order valence-corrected chi connectivity index (χ4v) is 3.67. The van der Waals surface area contributed by atoms with Crippen molar-refractivity contribution in [2.24, 2.45) is 0 Å². The Balaban J connectivity index is 1.81. The summed E-state index contributed by atoms with van der Waals surface area (Å²) < 4.78 is 0. The van der Waals surface area contributed by atoms with Crippen LogP contribution in [-0.2, 0) is 6.42 Å². The molecule has 0 saturated heterocycles. The van der Waals surface area contributed by atoms with E-state index in [1.165, 1.54) is 17.7 Å². The molecule has 3 aromatic carbocycles. The van der Waals surface area contributed by atoms with Gasteiger partial charge in [0.1, 0.15) is 6.17 Å². The molecule has 0 fully saturated rings. The van der Waals surface area contributed by atoms with E-state index in [9.17, 15) is 14.9 Å². The summed E-state index contributed by atoms with van der Waals surface area (Å²) in [6, 6.07) is 21.6. The van der Waals surface area contributed by atoms with E-state index in [-0.39, 0.29) is 11.6 Å². The number of carbonyl (C=O) groups is 1. The van der Waals surface area contributed by atoms with Crippen molar-refractivity contribution in [2.45, 2.75) is 25.9 Å². The minimum Gasteiger partial charge on any atom is -0.360 e. The Morgan fingerprint density at radius 1 is 1.03 bits per heavy atom. The van der Waals surface area contributed by atoms with Gasteiger partial charge in [-0.3, -0.25) is 19.8 Å². The standard InChI is InChI=1S/C23H21N3O3/c1-2-6-16-11-13-18(14-12-16)25-22(17-7-5-8-19(15-17)26(28)29)24-21-10-4-3-9-20(21)23(25)27/h3-5,7-15,22,24H,2,6H2,1H3. The van der Waals surface area contributed by atoms with Gasteiger partial charge in [-0.15, -0.1) is 0 Å². The number of nitro groups is 1. The summed E-state index contributed by atoms with van der Waals surface area (Å²) in [7, 11) is 0. The lowest BCUT2D eigenvalue weighted by molar-refractivity contribution is -0.384. The number of fused-ring (bicyclic) bond motifs is 1. The highest BCUT2D eigenvalue weighted by molar-refractivity contribution is 6.12. The summed E-state index contributed by atoms with van der Waals surface area (Å²) in [5, 5.41) is 14.6. The number of aryl methyl sites for hydroxylation is 1. The van der Waals surface area contributed by atoms with E-state index in [1.807, 2.05) is 42.5 Å². The average molecular weight is 387 g/mol. The molecule has 0 radical (unpaired) electrons. The van der Waals surface area contributed by atoms with Crippen molar-refractivity contribution < 1.29 is 9.72 Å². The molecule has 0 spiro atoms. The summed E-state index contributed by atoms with van der Waals surface area (Å²) in [6.07, 6.45) is 1.48. The number of hydrogen-bond acceptors (Lipinski definition) is 4. The summed E-state index contributed by atoms with van der Waals surface area (Å²) in [5.41, 5.74) is 3.89. The van der Waals surface area contributed by atoms with Crippen LogP contribution in [0.15, 0.2) is 72.8 Å². The first-order valence-corrected chi connectivity index (χ1v) is 9.61. The van der Waals surface area contributed by atoms with E-state index in [0.29, 0.717) is 16.8 Å². The molecule has 146 valence electrons. The quantitative estimate of drug-likeness (QED) is 0.475. The van der Waals surface area contributed by atoms with E-state index in [4.69, 9.17) is 0 Å². The van der Waals surface area contributed by atoms with Gasteiger partial charge in [0.25, 0.3) is 11.6 Å². The largest absolute Gasteiger partial charge is 0.360 e. The summed E-state index contributed by atoms with van der Waals surface area (Å²) in [6.45, 7) is 2.13. The van der Waals surface area contributed by atoms with Crippen LogP contribution in [0.3, 0.4) is 0 Å². The first-order chi connectivity index (χ1) is 14.1. The Morgan fingerprint density at radius 2 is 1.79 bits per heavy atom. The number of nitrogens with zero attached hydrogens (tertiary/aromatic N) is 2. The van der Waals surface area contributed by atoms with Crippen LogP contribution in [-0.4, -0.2) is 10.8 Å². The van der Waals surface area contributed by atoms with Crippen molar-refractivity contribution in [3.63, 3.8) is 0 Å². The molecule has 1 N–H and O–H groups in total. The molecule has 6 nitrogen and oxygen atoms in total. The van der Waals surface area contributed by atoms with Crippen molar-refractivity contribution in [2.75, 3.05) is 10.2 Å². The van der Waals surface area contributed by atoms with Crippen molar-refractivity contribution in [1.29, 1.82) is 0 Å². The Hall–Kier alpha value is -3.67. The van der Waals surface area contributed by atoms with E-state index >= 15 is 0 Å². The van der Waals surface area contributed by atoms with Gasteiger partial charge in [-0.1, -0.05) is 49.7 Å². The Kier molecular flexibility index (Phi) is 4.99. The van der Waals surface area contributed by atoms with Gasteiger partial charge in [0.15, 0.2) is 0 Å². The number of amides is 1. The molecule has 29 heavy (non-hydrogen) atoms.